The van der Waals surface area contributed by atoms with Gasteiger partial charge in [0.05, 0.1) is 31.7 Å². The number of hydrogen-bond acceptors (Lipinski definition) is 11. The summed E-state index contributed by atoms with van der Waals surface area (Å²) in [7, 11) is 0. The lowest BCUT2D eigenvalue weighted by Crippen LogP contribution is -2.53. The van der Waals surface area contributed by atoms with Crippen LogP contribution in [0, 0.1) is 0 Å². The highest BCUT2D eigenvalue weighted by molar-refractivity contribution is 8.00. The zero-order valence-electron chi connectivity index (χ0n) is 22.1. The molecule has 15 heteroatoms. The number of thioether (sulfide) groups is 1. The second-order valence-electron chi connectivity index (χ2n) is 8.18. The molecule has 0 spiro atoms. The number of carbonyl (C=O) groups is 7. The molecular formula is C24H38N4O10S. The number of amides is 5. The Hall–Kier alpha value is -2.88. The number of rotatable bonds is 23. The Labute approximate surface area is 231 Å². The molecule has 5 amide bonds. The number of nitrogens with zero attached hydrogens (tertiary/aromatic N) is 1. The average molecular weight is 575 g/mol. The summed E-state index contributed by atoms with van der Waals surface area (Å²) in [4.78, 5) is 83.2. The lowest BCUT2D eigenvalue weighted by atomic mass is 10.2. The minimum atomic E-state index is -1.06. The monoisotopic (exact) mass is 574 g/mol. The third kappa shape index (κ3) is 14.7. The molecule has 3 N–H and O–H groups in total. The fourth-order valence-electron chi connectivity index (χ4n) is 3.25. The van der Waals surface area contributed by atoms with Gasteiger partial charge < -0.3 is 39.8 Å². The molecule has 220 valence electrons. The van der Waals surface area contributed by atoms with Crippen LogP contribution in [0.2, 0.25) is 0 Å². The van der Waals surface area contributed by atoms with Crippen molar-refractivity contribution in [1.82, 2.24) is 20.9 Å². The van der Waals surface area contributed by atoms with Crippen molar-refractivity contribution in [2.75, 3.05) is 65.0 Å². The quantitative estimate of drug-likeness (QED) is 0.0710. The highest BCUT2D eigenvalue weighted by Crippen LogP contribution is 2.25. The predicted octanol–water partition coefficient (Wildman–Crippen LogP) is -1.80. The normalized spacial score (nSPS) is 15.6. The SMILES string of the molecule is CCOCC(=O)NC[C@@H](NC(=O)CCSC1CC(=O)N(CCC=O)C1=O)C(=O)NCCOCCOCCC=O. The van der Waals surface area contributed by atoms with Gasteiger partial charge in [0.15, 0.2) is 0 Å². The molecule has 1 aliphatic rings. The van der Waals surface area contributed by atoms with Crippen molar-refractivity contribution in [2.24, 2.45) is 0 Å². The fourth-order valence-corrected chi connectivity index (χ4v) is 4.37. The number of carbonyl (C=O) groups excluding carboxylic acids is 7. The van der Waals surface area contributed by atoms with Crippen molar-refractivity contribution in [3.05, 3.63) is 0 Å². The second kappa shape index (κ2) is 21.0. The standard InChI is InChI=1S/C24H38N4O10S/c1-2-36-17-21(32)26-16-18(23(34)25-6-11-38-13-12-37-10-4-9-30)27-20(31)5-14-39-19-15-22(33)28(24(19)35)7-3-8-29/h8-9,18-19H,2-7,10-17H2,1H3,(H,25,34)(H,26,32)(H,27,31)/t18-,19?/m1/s1. The highest BCUT2D eigenvalue weighted by Gasteiger charge is 2.38. The maximum Gasteiger partial charge on any atom is 0.246 e. The molecule has 14 nitrogen and oxygen atoms in total. The van der Waals surface area contributed by atoms with Crippen molar-refractivity contribution in [1.29, 1.82) is 0 Å². The summed E-state index contributed by atoms with van der Waals surface area (Å²) in [6.45, 7) is 3.02. The van der Waals surface area contributed by atoms with E-state index in [1.165, 1.54) is 0 Å². The van der Waals surface area contributed by atoms with Crippen LogP contribution in [-0.2, 0) is 47.8 Å². The highest BCUT2D eigenvalue weighted by atomic mass is 32.2. The minimum absolute atomic E-state index is 0.00775. The van der Waals surface area contributed by atoms with Crippen LogP contribution in [0.1, 0.15) is 32.6 Å². The topological polar surface area (TPSA) is 187 Å². The van der Waals surface area contributed by atoms with Crippen molar-refractivity contribution in [2.45, 2.75) is 43.9 Å². The van der Waals surface area contributed by atoms with Gasteiger partial charge in [-0.05, 0) is 6.92 Å². The summed E-state index contributed by atoms with van der Waals surface area (Å²) < 4.78 is 15.5. The predicted molar refractivity (Wildman–Crippen MR) is 140 cm³/mol. The molecule has 0 aromatic rings. The first-order chi connectivity index (χ1) is 18.8. The largest absolute Gasteiger partial charge is 0.379 e. The van der Waals surface area contributed by atoms with E-state index < -0.39 is 29.0 Å². The third-order valence-electron chi connectivity index (χ3n) is 5.21. The Morgan fingerprint density at radius 3 is 2.41 bits per heavy atom. The van der Waals surface area contributed by atoms with Crippen molar-refractivity contribution in [3.63, 3.8) is 0 Å². The molecule has 0 radical (unpaired) electrons. The summed E-state index contributed by atoms with van der Waals surface area (Å²) in [5.74, 6) is -1.94. The van der Waals surface area contributed by atoms with Crippen molar-refractivity contribution >= 4 is 53.9 Å². The van der Waals surface area contributed by atoms with Crippen LogP contribution in [0.5, 0.6) is 0 Å². The lowest BCUT2D eigenvalue weighted by Gasteiger charge is -2.19. The Bertz CT molecular complexity index is 829. The molecule has 0 aromatic heterocycles. The Morgan fingerprint density at radius 2 is 1.72 bits per heavy atom. The summed E-state index contributed by atoms with van der Waals surface area (Å²) in [5.41, 5.74) is 0. The first-order valence-electron chi connectivity index (χ1n) is 12.7. The molecule has 39 heavy (non-hydrogen) atoms. The molecule has 1 rings (SSSR count). The van der Waals surface area contributed by atoms with E-state index in [9.17, 15) is 33.6 Å². The molecule has 0 bridgehead atoms. The minimum Gasteiger partial charge on any atom is -0.379 e. The lowest BCUT2D eigenvalue weighted by molar-refractivity contribution is -0.138. The first kappa shape index (κ1) is 34.1. The van der Waals surface area contributed by atoms with Gasteiger partial charge in [0, 0.05) is 57.7 Å². The molecule has 1 heterocycles. The fraction of sp³-hybridized carbons (Fsp3) is 0.708. The average Bonchev–Trinajstić information content (AvgIpc) is 3.19. The van der Waals surface area contributed by atoms with Gasteiger partial charge in [0.1, 0.15) is 25.2 Å². The Morgan fingerprint density at radius 1 is 1.00 bits per heavy atom. The Kier molecular flexibility index (Phi) is 18.4. The van der Waals surface area contributed by atoms with Gasteiger partial charge in [-0.25, -0.2) is 0 Å². The van der Waals surface area contributed by atoms with Crippen LogP contribution in [0.25, 0.3) is 0 Å². The summed E-state index contributed by atoms with van der Waals surface area (Å²) >= 11 is 1.16. The van der Waals surface area contributed by atoms with Gasteiger partial charge in [0.2, 0.25) is 29.5 Å². The van der Waals surface area contributed by atoms with Crippen LogP contribution in [0.4, 0.5) is 0 Å². The maximum absolute atomic E-state index is 12.7. The third-order valence-corrected chi connectivity index (χ3v) is 6.42. The van der Waals surface area contributed by atoms with Crippen LogP contribution in [0.15, 0.2) is 0 Å². The van der Waals surface area contributed by atoms with Crippen LogP contribution < -0.4 is 16.0 Å². The number of likely N-dealkylation sites (tertiary alicyclic amines) is 1. The van der Waals surface area contributed by atoms with E-state index in [4.69, 9.17) is 14.2 Å². The van der Waals surface area contributed by atoms with E-state index >= 15 is 0 Å². The molecule has 1 saturated heterocycles. The summed E-state index contributed by atoms with van der Waals surface area (Å²) in [5, 5.41) is 7.14. The molecular weight excluding hydrogens is 536 g/mol. The summed E-state index contributed by atoms with van der Waals surface area (Å²) in [6.07, 6.45) is 1.76. The van der Waals surface area contributed by atoms with Gasteiger partial charge >= 0.3 is 0 Å². The van der Waals surface area contributed by atoms with Gasteiger partial charge in [-0.15, -0.1) is 11.8 Å². The molecule has 1 unspecified atom stereocenters. The number of hydrogen-bond donors (Lipinski definition) is 3. The van der Waals surface area contributed by atoms with Gasteiger partial charge in [-0.1, -0.05) is 0 Å². The van der Waals surface area contributed by atoms with Gasteiger partial charge in [-0.3, -0.25) is 28.9 Å². The molecule has 0 aromatic carbocycles. The smallest absolute Gasteiger partial charge is 0.246 e. The van der Waals surface area contributed by atoms with E-state index in [-0.39, 0.29) is 76.3 Å². The van der Waals surface area contributed by atoms with Crippen LogP contribution >= 0.6 is 11.8 Å². The van der Waals surface area contributed by atoms with E-state index in [2.05, 4.69) is 16.0 Å². The zero-order valence-corrected chi connectivity index (χ0v) is 23.0. The second-order valence-corrected chi connectivity index (χ2v) is 9.50. The van der Waals surface area contributed by atoms with Gasteiger partial charge in [-0.2, -0.15) is 0 Å². The summed E-state index contributed by atoms with van der Waals surface area (Å²) in [6, 6.07) is -1.06. The van der Waals surface area contributed by atoms with E-state index in [1.807, 2.05) is 0 Å². The van der Waals surface area contributed by atoms with Crippen molar-refractivity contribution < 1.29 is 47.8 Å². The molecule has 1 fully saturated rings. The van der Waals surface area contributed by atoms with E-state index in [0.29, 0.717) is 32.5 Å². The van der Waals surface area contributed by atoms with Gasteiger partial charge in [0.25, 0.3) is 0 Å². The van der Waals surface area contributed by atoms with Crippen molar-refractivity contribution in [3.8, 4) is 0 Å². The van der Waals surface area contributed by atoms with E-state index in [1.54, 1.807) is 6.92 Å². The first-order valence-corrected chi connectivity index (χ1v) is 13.8. The molecule has 2 atom stereocenters. The Balaban J connectivity index is 2.48. The number of aldehydes is 2. The molecule has 0 aliphatic carbocycles. The van der Waals surface area contributed by atoms with Crippen LogP contribution in [-0.4, -0.2) is 123 Å². The van der Waals surface area contributed by atoms with Crippen LogP contribution in [0.3, 0.4) is 0 Å². The number of imide groups is 1. The van der Waals surface area contributed by atoms with E-state index in [0.717, 1.165) is 22.9 Å². The molecule has 1 aliphatic heterocycles. The number of ether oxygens (including phenoxy) is 3. The molecule has 0 saturated carbocycles. The zero-order chi connectivity index (χ0) is 28.9. The maximum atomic E-state index is 12.7. The number of nitrogens with one attached hydrogen (secondary N) is 3.